The first kappa shape index (κ1) is 30.4. The Bertz CT molecular complexity index is 1050. The Kier molecular flexibility index (Phi) is 10.8. The highest BCUT2D eigenvalue weighted by Crippen LogP contribution is 2.33. The van der Waals surface area contributed by atoms with Gasteiger partial charge in [-0.1, -0.05) is 37.0 Å². The van der Waals surface area contributed by atoms with E-state index in [0.29, 0.717) is 11.4 Å². The molecule has 0 saturated carbocycles. The summed E-state index contributed by atoms with van der Waals surface area (Å²) in [4.78, 5) is 63.8. The van der Waals surface area contributed by atoms with E-state index >= 15 is 0 Å². The molecule has 202 valence electrons. The number of nitrogens with zero attached hydrogens (tertiary/aromatic N) is 1. The van der Waals surface area contributed by atoms with Crippen LogP contribution in [-0.4, -0.2) is 81.0 Å². The Morgan fingerprint density at radius 3 is 2.43 bits per heavy atom. The molecule has 1 saturated heterocycles. The second-order valence-electron chi connectivity index (χ2n) is 9.21. The van der Waals surface area contributed by atoms with Crippen LogP contribution in [0.5, 0.6) is 0 Å². The summed E-state index contributed by atoms with van der Waals surface area (Å²) in [5.41, 5.74) is -1.80. The van der Waals surface area contributed by atoms with E-state index in [0.717, 1.165) is 7.11 Å². The fourth-order valence-corrected chi connectivity index (χ4v) is 3.98. The first-order valence-electron chi connectivity index (χ1n) is 11.5. The summed E-state index contributed by atoms with van der Waals surface area (Å²) in [6.45, 7) is 3.36. The van der Waals surface area contributed by atoms with Crippen molar-refractivity contribution in [1.82, 2.24) is 15.5 Å². The average molecular weight is 558 g/mol. The molecule has 1 fully saturated rings. The minimum atomic E-state index is -1.91. The second kappa shape index (κ2) is 13.1. The molecule has 1 heterocycles. The lowest BCUT2D eigenvalue weighted by Gasteiger charge is -2.26. The molecule has 2 rings (SSSR count). The molecule has 14 heteroatoms. The van der Waals surface area contributed by atoms with Gasteiger partial charge in [0.1, 0.15) is 0 Å². The fourth-order valence-electron chi connectivity index (χ4n) is 3.60. The molecular formula is C23H30BCl2N3O8. The van der Waals surface area contributed by atoms with Gasteiger partial charge in [0.15, 0.2) is 5.60 Å². The van der Waals surface area contributed by atoms with E-state index in [4.69, 9.17) is 32.5 Å². The maximum atomic E-state index is 12.9. The molecule has 1 aliphatic rings. The number of hydrogen-bond acceptors (Lipinski definition) is 8. The zero-order valence-electron chi connectivity index (χ0n) is 21.3. The van der Waals surface area contributed by atoms with Crippen molar-refractivity contribution in [2.75, 3.05) is 27.7 Å². The van der Waals surface area contributed by atoms with Crippen molar-refractivity contribution in [3.8, 4) is 0 Å². The SMILES string of the molecule is COC(=O)C[C@]1(CC(=O)N(C)C)OB([C@H](CC(C)C)NC(=O)CNC(=O)c2cc(Cl)ccc2Cl)OC1=O. The highest BCUT2D eigenvalue weighted by molar-refractivity contribution is 6.51. The Balaban J connectivity index is 2.16. The van der Waals surface area contributed by atoms with Crippen LogP contribution in [0.15, 0.2) is 18.2 Å². The smallest absolute Gasteiger partial charge is 0.506 e. The van der Waals surface area contributed by atoms with Gasteiger partial charge in [0, 0.05) is 19.1 Å². The Labute approximate surface area is 225 Å². The minimum Gasteiger partial charge on any atom is -0.506 e. The average Bonchev–Trinajstić information content (AvgIpc) is 3.13. The molecule has 1 aliphatic heterocycles. The first-order valence-corrected chi connectivity index (χ1v) is 12.2. The van der Waals surface area contributed by atoms with Crippen LogP contribution in [0.3, 0.4) is 0 Å². The van der Waals surface area contributed by atoms with Gasteiger partial charge in [0.05, 0.1) is 43.0 Å². The van der Waals surface area contributed by atoms with Gasteiger partial charge < -0.3 is 29.6 Å². The van der Waals surface area contributed by atoms with Gasteiger partial charge in [-0.05, 0) is 30.5 Å². The molecule has 0 unspecified atom stereocenters. The van der Waals surface area contributed by atoms with E-state index in [1.807, 2.05) is 13.8 Å². The standard InChI is InChI=1S/C23H30BCl2N3O8/c1-13(2)8-17(28-18(30)12-27-21(33)15-9-14(25)6-7-16(15)26)24-36-22(34)23(37-24,11-20(32)35-5)10-19(31)29(3)4/h6-7,9,13,17H,8,10-12H2,1-5H3,(H,27,33)(H,28,30)/t17-,23-/m0/s1. The van der Waals surface area contributed by atoms with Gasteiger partial charge in [-0.2, -0.15) is 0 Å². The number of rotatable bonds is 11. The lowest BCUT2D eigenvalue weighted by Crippen LogP contribution is -2.52. The van der Waals surface area contributed by atoms with Crippen molar-refractivity contribution in [3.63, 3.8) is 0 Å². The van der Waals surface area contributed by atoms with Crippen LogP contribution in [0.2, 0.25) is 10.0 Å². The Hall–Kier alpha value is -2.83. The van der Waals surface area contributed by atoms with Crippen LogP contribution in [0.1, 0.15) is 43.5 Å². The number of methoxy groups -OCH3 is 1. The number of benzene rings is 1. The summed E-state index contributed by atoms with van der Waals surface area (Å²) in [7, 11) is 2.86. The summed E-state index contributed by atoms with van der Waals surface area (Å²) in [5.74, 6) is -4.14. The van der Waals surface area contributed by atoms with Crippen molar-refractivity contribution in [2.24, 2.45) is 5.92 Å². The van der Waals surface area contributed by atoms with Crippen LogP contribution in [-0.2, 0) is 33.2 Å². The number of hydrogen-bond donors (Lipinski definition) is 2. The number of amides is 3. The second-order valence-corrected chi connectivity index (χ2v) is 10.1. The fraction of sp³-hybridized carbons (Fsp3) is 0.522. The van der Waals surface area contributed by atoms with E-state index < -0.39 is 67.7 Å². The molecule has 3 amide bonds. The Morgan fingerprint density at radius 2 is 1.84 bits per heavy atom. The molecule has 11 nitrogen and oxygen atoms in total. The van der Waals surface area contributed by atoms with E-state index in [-0.39, 0.29) is 16.5 Å². The molecule has 0 aromatic heterocycles. The predicted octanol–water partition coefficient (Wildman–Crippen LogP) is 1.64. The number of carbonyl (C=O) groups excluding carboxylic acids is 5. The molecule has 1 aromatic carbocycles. The molecule has 0 aliphatic carbocycles. The van der Waals surface area contributed by atoms with Crippen LogP contribution in [0.25, 0.3) is 0 Å². The van der Waals surface area contributed by atoms with Gasteiger partial charge in [-0.15, -0.1) is 0 Å². The molecule has 0 bridgehead atoms. The number of esters is 1. The quantitative estimate of drug-likeness (QED) is 0.309. The van der Waals surface area contributed by atoms with Crippen LogP contribution >= 0.6 is 23.2 Å². The van der Waals surface area contributed by atoms with Crippen LogP contribution in [0.4, 0.5) is 0 Å². The van der Waals surface area contributed by atoms with E-state index in [1.165, 1.54) is 37.2 Å². The van der Waals surface area contributed by atoms with Crippen molar-refractivity contribution >= 4 is 60.0 Å². The van der Waals surface area contributed by atoms with E-state index in [1.54, 1.807) is 0 Å². The van der Waals surface area contributed by atoms with Crippen molar-refractivity contribution in [1.29, 1.82) is 0 Å². The summed E-state index contributed by atoms with van der Waals surface area (Å²) in [6, 6.07) is 4.37. The van der Waals surface area contributed by atoms with Gasteiger partial charge in [-0.25, -0.2) is 0 Å². The zero-order chi connectivity index (χ0) is 27.9. The topological polar surface area (TPSA) is 140 Å². The van der Waals surface area contributed by atoms with Gasteiger partial charge in [-0.3, -0.25) is 24.0 Å². The normalized spacial score (nSPS) is 17.7. The number of nitrogens with one attached hydrogen (secondary N) is 2. The molecule has 0 spiro atoms. The molecule has 2 atom stereocenters. The maximum Gasteiger partial charge on any atom is 0.552 e. The Morgan fingerprint density at radius 1 is 1.16 bits per heavy atom. The maximum absolute atomic E-state index is 12.9. The number of ether oxygens (including phenoxy) is 1. The third-order valence-electron chi connectivity index (χ3n) is 5.51. The number of carbonyl (C=O) groups is 5. The largest absolute Gasteiger partial charge is 0.552 e. The highest BCUT2D eigenvalue weighted by atomic mass is 35.5. The van der Waals surface area contributed by atoms with Crippen LogP contribution < -0.4 is 10.6 Å². The molecular weight excluding hydrogens is 528 g/mol. The van der Waals surface area contributed by atoms with Gasteiger partial charge in [0.25, 0.3) is 5.91 Å². The monoisotopic (exact) mass is 557 g/mol. The lowest BCUT2D eigenvalue weighted by atomic mass is 9.74. The summed E-state index contributed by atoms with van der Waals surface area (Å²) < 4.78 is 16.0. The molecule has 37 heavy (non-hydrogen) atoms. The van der Waals surface area contributed by atoms with E-state index in [9.17, 15) is 24.0 Å². The zero-order valence-corrected chi connectivity index (χ0v) is 22.8. The highest BCUT2D eigenvalue weighted by Gasteiger charge is 2.58. The van der Waals surface area contributed by atoms with Crippen molar-refractivity contribution < 1.29 is 38.0 Å². The lowest BCUT2D eigenvalue weighted by molar-refractivity contribution is -0.157. The summed E-state index contributed by atoms with van der Waals surface area (Å²) in [6.07, 6.45) is -0.672. The van der Waals surface area contributed by atoms with E-state index in [2.05, 4.69) is 15.4 Å². The molecule has 1 aromatic rings. The van der Waals surface area contributed by atoms with Gasteiger partial charge >= 0.3 is 19.1 Å². The summed E-state index contributed by atoms with van der Waals surface area (Å²) >= 11 is 11.9. The summed E-state index contributed by atoms with van der Waals surface area (Å²) in [5, 5.41) is 5.63. The first-order chi connectivity index (χ1) is 17.3. The third-order valence-corrected chi connectivity index (χ3v) is 6.08. The van der Waals surface area contributed by atoms with Gasteiger partial charge in [0.2, 0.25) is 11.8 Å². The van der Waals surface area contributed by atoms with Crippen molar-refractivity contribution in [2.45, 2.75) is 44.7 Å². The minimum absolute atomic E-state index is 0.0338. The predicted molar refractivity (Wildman–Crippen MR) is 136 cm³/mol. The van der Waals surface area contributed by atoms with Crippen LogP contribution in [0, 0.1) is 5.92 Å². The molecule has 0 radical (unpaired) electrons. The van der Waals surface area contributed by atoms with Crippen molar-refractivity contribution in [3.05, 3.63) is 33.8 Å². The molecule has 2 N–H and O–H groups in total. The number of halogens is 2. The third kappa shape index (κ3) is 8.34.